The Hall–Kier alpha value is -1.61. The highest BCUT2D eigenvalue weighted by molar-refractivity contribution is 5.34. The molecule has 0 saturated heterocycles. The second-order valence-corrected chi connectivity index (χ2v) is 5.05. The second-order valence-electron chi connectivity index (χ2n) is 5.05. The zero-order valence-electron chi connectivity index (χ0n) is 10.5. The maximum atomic E-state index is 4.05. The van der Waals surface area contributed by atoms with Crippen molar-refractivity contribution in [2.24, 2.45) is 5.92 Å². The minimum Gasteiger partial charge on any atom is -0.313 e. The average Bonchev–Trinajstić information content (AvgIpc) is 3.07. The summed E-state index contributed by atoms with van der Waals surface area (Å²) in [6.07, 6.45) is 9.81. The minimum absolute atomic E-state index is 0.969. The van der Waals surface area contributed by atoms with Crippen molar-refractivity contribution in [3.8, 4) is 5.69 Å². The van der Waals surface area contributed by atoms with Crippen LogP contribution < -0.4 is 5.32 Å². The zero-order valence-corrected chi connectivity index (χ0v) is 10.5. The Morgan fingerprint density at radius 1 is 1.22 bits per heavy atom. The van der Waals surface area contributed by atoms with Crippen LogP contribution in [0.5, 0.6) is 0 Å². The summed E-state index contributed by atoms with van der Waals surface area (Å²) in [6.45, 7) is 2.12. The highest BCUT2D eigenvalue weighted by atomic mass is 15.0. The predicted molar refractivity (Wildman–Crippen MR) is 72.6 cm³/mol. The Morgan fingerprint density at radius 2 is 2.06 bits per heavy atom. The van der Waals surface area contributed by atoms with Gasteiger partial charge in [0, 0.05) is 24.6 Å². The molecule has 1 aromatic carbocycles. The summed E-state index contributed by atoms with van der Waals surface area (Å²) < 4.78 is 2.02. The molecule has 0 bridgehead atoms. The molecule has 1 aromatic heterocycles. The van der Waals surface area contributed by atoms with Crippen molar-refractivity contribution in [3.63, 3.8) is 0 Å². The van der Waals surface area contributed by atoms with Crippen LogP contribution in [0.1, 0.15) is 24.8 Å². The van der Waals surface area contributed by atoms with Gasteiger partial charge in [0.05, 0.1) is 6.33 Å². The lowest BCUT2D eigenvalue weighted by Gasteiger charge is -2.06. The lowest BCUT2D eigenvalue weighted by atomic mass is 10.2. The van der Waals surface area contributed by atoms with Crippen LogP contribution in [0.2, 0.25) is 0 Å². The molecule has 3 heteroatoms. The average molecular weight is 241 g/mol. The molecule has 3 nitrogen and oxygen atoms in total. The van der Waals surface area contributed by atoms with Gasteiger partial charge in [0.1, 0.15) is 0 Å². The van der Waals surface area contributed by atoms with Crippen LogP contribution in [-0.4, -0.2) is 16.1 Å². The summed E-state index contributed by atoms with van der Waals surface area (Å²) >= 11 is 0. The van der Waals surface area contributed by atoms with E-state index in [0.29, 0.717) is 0 Å². The van der Waals surface area contributed by atoms with Crippen molar-refractivity contribution < 1.29 is 0 Å². The standard InChI is InChI=1S/C15H19N3/c1-2-13(1)7-8-16-11-14-3-5-15(6-4-14)18-10-9-17-12-18/h3-6,9-10,12-13,16H,1-2,7-8,11H2. The third kappa shape index (κ3) is 2.99. The summed E-state index contributed by atoms with van der Waals surface area (Å²) in [6, 6.07) is 8.64. The van der Waals surface area contributed by atoms with Crippen molar-refractivity contribution in [2.75, 3.05) is 6.54 Å². The van der Waals surface area contributed by atoms with Gasteiger partial charge in [0.25, 0.3) is 0 Å². The van der Waals surface area contributed by atoms with E-state index in [4.69, 9.17) is 0 Å². The van der Waals surface area contributed by atoms with Gasteiger partial charge >= 0.3 is 0 Å². The highest BCUT2D eigenvalue weighted by Gasteiger charge is 2.19. The van der Waals surface area contributed by atoms with Crippen molar-refractivity contribution in [1.29, 1.82) is 0 Å². The van der Waals surface area contributed by atoms with Crippen LogP contribution in [0, 0.1) is 5.92 Å². The van der Waals surface area contributed by atoms with E-state index in [1.807, 2.05) is 17.1 Å². The molecular weight excluding hydrogens is 222 g/mol. The Bertz CT molecular complexity index is 469. The van der Waals surface area contributed by atoms with Gasteiger partial charge in [-0.25, -0.2) is 4.98 Å². The number of aromatic nitrogens is 2. The van der Waals surface area contributed by atoms with E-state index >= 15 is 0 Å². The summed E-state index contributed by atoms with van der Waals surface area (Å²) in [5.74, 6) is 1.01. The molecule has 0 unspecified atom stereocenters. The third-order valence-corrected chi connectivity index (χ3v) is 3.49. The highest BCUT2D eigenvalue weighted by Crippen LogP contribution is 2.31. The van der Waals surface area contributed by atoms with Crippen molar-refractivity contribution in [1.82, 2.24) is 14.9 Å². The molecule has 2 aromatic rings. The second kappa shape index (κ2) is 5.36. The number of benzene rings is 1. The number of hydrogen-bond donors (Lipinski definition) is 1. The maximum absolute atomic E-state index is 4.05. The fraction of sp³-hybridized carbons (Fsp3) is 0.400. The van der Waals surface area contributed by atoms with Gasteiger partial charge in [-0.05, 0) is 36.6 Å². The van der Waals surface area contributed by atoms with E-state index in [1.165, 1.54) is 24.8 Å². The molecule has 3 rings (SSSR count). The van der Waals surface area contributed by atoms with Gasteiger partial charge in [-0.2, -0.15) is 0 Å². The molecule has 1 aliphatic carbocycles. The summed E-state index contributed by atoms with van der Waals surface area (Å²) in [4.78, 5) is 4.05. The molecule has 0 spiro atoms. The lowest BCUT2D eigenvalue weighted by molar-refractivity contribution is 0.613. The Kier molecular flexibility index (Phi) is 3.42. The largest absolute Gasteiger partial charge is 0.313 e. The fourth-order valence-corrected chi connectivity index (χ4v) is 2.14. The number of imidazole rings is 1. The number of nitrogens with zero attached hydrogens (tertiary/aromatic N) is 2. The predicted octanol–water partition coefficient (Wildman–Crippen LogP) is 2.76. The smallest absolute Gasteiger partial charge is 0.0991 e. The molecule has 0 amide bonds. The molecule has 1 N–H and O–H groups in total. The van der Waals surface area contributed by atoms with Gasteiger partial charge in [-0.15, -0.1) is 0 Å². The van der Waals surface area contributed by atoms with E-state index in [2.05, 4.69) is 34.6 Å². The van der Waals surface area contributed by atoms with Gasteiger partial charge < -0.3 is 9.88 Å². The van der Waals surface area contributed by atoms with Crippen molar-refractivity contribution in [3.05, 3.63) is 48.5 Å². The first kappa shape index (κ1) is 11.5. The summed E-state index contributed by atoms with van der Waals surface area (Å²) in [5.41, 5.74) is 2.50. The first-order valence-corrected chi connectivity index (χ1v) is 6.70. The Morgan fingerprint density at radius 3 is 2.72 bits per heavy atom. The number of nitrogens with one attached hydrogen (secondary N) is 1. The monoisotopic (exact) mass is 241 g/mol. The maximum Gasteiger partial charge on any atom is 0.0991 e. The minimum atomic E-state index is 0.969. The normalized spacial score (nSPS) is 14.9. The first-order chi connectivity index (χ1) is 8.92. The first-order valence-electron chi connectivity index (χ1n) is 6.70. The van der Waals surface area contributed by atoms with Gasteiger partial charge in [0.15, 0.2) is 0 Å². The van der Waals surface area contributed by atoms with Gasteiger partial charge in [-0.3, -0.25) is 0 Å². The molecule has 0 atom stereocenters. The molecule has 0 aliphatic heterocycles. The molecule has 1 fully saturated rings. The van der Waals surface area contributed by atoms with Crippen LogP contribution >= 0.6 is 0 Å². The van der Waals surface area contributed by atoms with Crippen LogP contribution in [0.3, 0.4) is 0 Å². The van der Waals surface area contributed by atoms with E-state index in [1.54, 1.807) is 6.20 Å². The van der Waals surface area contributed by atoms with Gasteiger partial charge in [0.2, 0.25) is 0 Å². The summed E-state index contributed by atoms with van der Waals surface area (Å²) in [7, 11) is 0. The van der Waals surface area contributed by atoms with Crippen molar-refractivity contribution >= 4 is 0 Å². The SMILES string of the molecule is c1cn(-c2ccc(CNCCC3CC3)cc2)cn1. The molecule has 1 heterocycles. The molecule has 1 aliphatic rings. The summed E-state index contributed by atoms with van der Waals surface area (Å²) in [5, 5.41) is 3.51. The third-order valence-electron chi connectivity index (χ3n) is 3.49. The molecule has 94 valence electrons. The van der Waals surface area contributed by atoms with E-state index < -0.39 is 0 Å². The molecule has 1 saturated carbocycles. The fourth-order valence-electron chi connectivity index (χ4n) is 2.14. The number of hydrogen-bond acceptors (Lipinski definition) is 2. The van der Waals surface area contributed by atoms with Crippen LogP contribution in [0.4, 0.5) is 0 Å². The van der Waals surface area contributed by atoms with Crippen LogP contribution in [0.25, 0.3) is 5.69 Å². The Labute approximate surface area is 108 Å². The van der Waals surface area contributed by atoms with E-state index in [9.17, 15) is 0 Å². The molecule has 0 radical (unpaired) electrons. The molecule has 18 heavy (non-hydrogen) atoms. The van der Waals surface area contributed by atoms with Crippen molar-refractivity contribution in [2.45, 2.75) is 25.8 Å². The van der Waals surface area contributed by atoms with Crippen LogP contribution in [-0.2, 0) is 6.54 Å². The van der Waals surface area contributed by atoms with Crippen LogP contribution in [0.15, 0.2) is 43.0 Å². The topological polar surface area (TPSA) is 29.9 Å². The van der Waals surface area contributed by atoms with E-state index in [-0.39, 0.29) is 0 Å². The Balaban J connectivity index is 1.50. The lowest BCUT2D eigenvalue weighted by Crippen LogP contribution is -2.15. The van der Waals surface area contributed by atoms with E-state index in [0.717, 1.165) is 24.7 Å². The van der Waals surface area contributed by atoms with Gasteiger partial charge in [-0.1, -0.05) is 25.0 Å². The number of rotatable bonds is 6. The molecular formula is C15H19N3. The quantitative estimate of drug-likeness (QED) is 0.788. The zero-order chi connectivity index (χ0) is 12.2.